The zero-order valence-electron chi connectivity index (χ0n) is 16.2. The van der Waals surface area contributed by atoms with Gasteiger partial charge in [-0.05, 0) is 37.5 Å². The number of aliphatic imine (C=N–C) groups is 1. The second kappa shape index (κ2) is 12.3. The molecular weight excluding hydrogens is 453 g/mol. The molecule has 1 heterocycles. The van der Waals surface area contributed by atoms with Gasteiger partial charge in [0.15, 0.2) is 11.7 Å². The third-order valence-corrected chi connectivity index (χ3v) is 4.26. The van der Waals surface area contributed by atoms with Crippen molar-refractivity contribution in [1.82, 2.24) is 15.8 Å². The summed E-state index contributed by atoms with van der Waals surface area (Å²) in [5.41, 5.74) is 2.73. The van der Waals surface area contributed by atoms with Gasteiger partial charge >= 0.3 is 0 Å². The molecule has 1 aromatic carbocycles. The highest BCUT2D eigenvalue weighted by atomic mass is 127. The number of hydrogen-bond acceptors (Lipinski definition) is 4. The molecule has 0 aliphatic carbocycles. The van der Waals surface area contributed by atoms with E-state index in [1.54, 1.807) is 12.1 Å². The van der Waals surface area contributed by atoms with Crippen molar-refractivity contribution in [3.05, 3.63) is 52.9 Å². The van der Waals surface area contributed by atoms with Crippen LogP contribution >= 0.6 is 24.0 Å². The third-order valence-electron chi connectivity index (χ3n) is 4.26. The lowest BCUT2D eigenvalue weighted by Gasteiger charge is -2.10. The van der Waals surface area contributed by atoms with Crippen LogP contribution in [0, 0.1) is 11.3 Å². The van der Waals surface area contributed by atoms with Crippen molar-refractivity contribution in [1.29, 1.82) is 5.26 Å². The smallest absolute Gasteiger partial charge is 0.191 e. The molecule has 2 aromatic rings. The lowest BCUT2D eigenvalue weighted by atomic mass is 9.99. The minimum absolute atomic E-state index is 0. The fourth-order valence-corrected chi connectivity index (χ4v) is 2.68. The first kappa shape index (κ1) is 23.0. The lowest BCUT2D eigenvalue weighted by Crippen LogP contribution is -2.36. The van der Waals surface area contributed by atoms with E-state index in [2.05, 4.69) is 40.7 Å². The van der Waals surface area contributed by atoms with Crippen molar-refractivity contribution in [3.63, 3.8) is 0 Å². The summed E-state index contributed by atoms with van der Waals surface area (Å²) in [6.07, 6.45) is 2.12. The molecule has 7 heteroatoms. The maximum Gasteiger partial charge on any atom is 0.191 e. The van der Waals surface area contributed by atoms with E-state index in [1.807, 2.05) is 25.1 Å². The van der Waals surface area contributed by atoms with E-state index < -0.39 is 0 Å². The molecule has 0 aliphatic heterocycles. The summed E-state index contributed by atoms with van der Waals surface area (Å²) < 4.78 is 5.44. The molecule has 0 saturated carbocycles. The molecule has 146 valence electrons. The van der Waals surface area contributed by atoms with E-state index in [0.717, 1.165) is 42.4 Å². The van der Waals surface area contributed by atoms with Gasteiger partial charge in [0.05, 0.1) is 30.4 Å². The lowest BCUT2D eigenvalue weighted by molar-refractivity contribution is 0.368. The molecule has 0 radical (unpaired) electrons. The number of nitrogens with one attached hydrogen (secondary N) is 2. The van der Waals surface area contributed by atoms with Gasteiger partial charge in [-0.3, -0.25) is 0 Å². The molecule has 0 spiro atoms. The first-order valence-electron chi connectivity index (χ1n) is 9.16. The maximum absolute atomic E-state index is 8.85. The Morgan fingerprint density at radius 2 is 1.89 bits per heavy atom. The highest BCUT2D eigenvalue weighted by Crippen LogP contribution is 2.22. The van der Waals surface area contributed by atoms with Gasteiger partial charge < -0.3 is 15.2 Å². The molecule has 0 aliphatic rings. The number of halogens is 1. The molecule has 6 nitrogen and oxygen atoms in total. The van der Waals surface area contributed by atoms with E-state index >= 15 is 0 Å². The van der Waals surface area contributed by atoms with Gasteiger partial charge in [-0.15, -0.1) is 24.0 Å². The second-order valence-electron chi connectivity index (χ2n) is 6.09. The summed E-state index contributed by atoms with van der Waals surface area (Å²) in [5.74, 6) is 1.97. The standard InChI is InChI=1S/C20H27N5O.HI/c1-4-17(5-2)19-11-18(26-25-19)14-24-20(22-6-3)23-13-16-9-7-15(12-21)8-10-16;/h7-11,17H,4-6,13-14H2,1-3H3,(H2,22,23,24);1H. The first-order valence-corrected chi connectivity index (χ1v) is 9.16. The van der Waals surface area contributed by atoms with Crippen LogP contribution in [0.3, 0.4) is 0 Å². The van der Waals surface area contributed by atoms with E-state index in [4.69, 9.17) is 9.78 Å². The Labute approximate surface area is 178 Å². The van der Waals surface area contributed by atoms with E-state index in [9.17, 15) is 0 Å². The normalized spacial score (nSPS) is 11.0. The number of benzene rings is 1. The molecule has 0 amide bonds. The summed E-state index contributed by atoms with van der Waals surface area (Å²) in [6.45, 7) is 8.20. The van der Waals surface area contributed by atoms with E-state index in [0.29, 0.717) is 24.6 Å². The van der Waals surface area contributed by atoms with Crippen LogP contribution < -0.4 is 10.6 Å². The van der Waals surface area contributed by atoms with Crippen LogP contribution in [-0.2, 0) is 13.1 Å². The summed E-state index contributed by atoms with van der Waals surface area (Å²) in [4.78, 5) is 4.58. The van der Waals surface area contributed by atoms with Gasteiger partial charge in [0.25, 0.3) is 0 Å². The number of nitriles is 1. The summed E-state index contributed by atoms with van der Waals surface area (Å²) in [7, 11) is 0. The summed E-state index contributed by atoms with van der Waals surface area (Å²) in [5, 5.41) is 19.5. The molecule has 0 fully saturated rings. The van der Waals surface area contributed by atoms with E-state index in [-0.39, 0.29) is 24.0 Å². The van der Waals surface area contributed by atoms with Gasteiger partial charge in [-0.1, -0.05) is 31.1 Å². The molecule has 0 bridgehead atoms. The van der Waals surface area contributed by atoms with Crippen LogP contribution in [-0.4, -0.2) is 17.7 Å². The monoisotopic (exact) mass is 481 g/mol. The van der Waals surface area contributed by atoms with Gasteiger partial charge in [0.1, 0.15) is 0 Å². The SMILES string of the molecule is CCNC(=NCc1ccc(C#N)cc1)NCc1cc(C(CC)CC)no1.I. The maximum atomic E-state index is 8.85. The number of guanidine groups is 1. The Morgan fingerprint density at radius 3 is 2.48 bits per heavy atom. The molecule has 0 saturated heterocycles. The zero-order chi connectivity index (χ0) is 18.8. The fraction of sp³-hybridized carbons (Fsp3) is 0.450. The average molecular weight is 481 g/mol. The van der Waals surface area contributed by atoms with E-state index in [1.165, 1.54) is 0 Å². The minimum atomic E-state index is 0. The molecular formula is C20H28IN5O. The fourth-order valence-electron chi connectivity index (χ4n) is 2.68. The molecule has 0 unspecified atom stereocenters. The van der Waals surface area contributed by atoms with Crippen LogP contribution in [0.2, 0.25) is 0 Å². The zero-order valence-corrected chi connectivity index (χ0v) is 18.5. The Hall–Kier alpha value is -2.08. The second-order valence-corrected chi connectivity index (χ2v) is 6.09. The van der Waals surface area contributed by atoms with Gasteiger partial charge in [0, 0.05) is 18.5 Å². The highest BCUT2D eigenvalue weighted by molar-refractivity contribution is 14.0. The number of nitrogens with zero attached hydrogens (tertiary/aromatic N) is 3. The van der Waals surface area contributed by atoms with Gasteiger partial charge in [-0.2, -0.15) is 5.26 Å². The van der Waals surface area contributed by atoms with Crippen molar-refractivity contribution < 1.29 is 4.52 Å². The largest absolute Gasteiger partial charge is 0.359 e. The van der Waals surface area contributed by atoms with Crippen LogP contribution in [0.5, 0.6) is 0 Å². The van der Waals surface area contributed by atoms with Gasteiger partial charge in [-0.25, -0.2) is 4.99 Å². The van der Waals surface area contributed by atoms with Crippen LogP contribution in [0.4, 0.5) is 0 Å². The van der Waals surface area contributed by atoms with Crippen LogP contribution in [0.1, 0.15) is 62.1 Å². The quantitative estimate of drug-likeness (QED) is 0.333. The number of hydrogen-bond donors (Lipinski definition) is 2. The summed E-state index contributed by atoms with van der Waals surface area (Å²) in [6, 6.07) is 11.6. The molecule has 27 heavy (non-hydrogen) atoms. The van der Waals surface area contributed by atoms with Crippen molar-refractivity contribution in [2.45, 2.75) is 52.6 Å². The Balaban J connectivity index is 0.00000364. The van der Waals surface area contributed by atoms with Crippen molar-refractivity contribution in [2.75, 3.05) is 6.54 Å². The molecule has 2 rings (SSSR count). The number of rotatable bonds is 8. The van der Waals surface area contributed by atoms with Crippen LogP contribution in [0.15, 0.2) is 39.8 Å². The topological polar surface area (TPSA) is 86.2 Å². The third kappa shape index (κ3) is 7.21. The predicted octanol–water partition coefficient (Wildman–Crippen LogP) is 4.32. The van der Waals surface area contributed by atoms with Crippen molar-refractivity contribution in [2.24, 2.45) is 4.99 Å². The van der Waals surface area contributed by atoms with Crippen molar-refractivity contribution >= 4 is 29.9 Å². The minimum Gasteiger partial charge on any atom is -0.359 e. The predicted molar refractivity (Wildman–Crippen MR) is 118 cm³/mol. The first-order chi connectivity index (χ1) is 12.7. The van der Waals surface area contributed by atoms with Gasteiger partial charge in [0.2, 0.25) is 0 Å². The Morgan fingerprint density at radius 1 is 1.19 bits per heavy atom. The molecule has 1 aromatic heterocycles. The molecule has 2 N–H and O–H groups in total. The molecule has 0 atom stereocenters. The summed E-state index contributed by atoms with van der Waals surface area (Å²) >= 11 is 0. The van der Waals surface area contributed by atoms with Crippen molar-refractivity contribution in [3.8, 4) is 6.07 Å². The average Bonchev–Trinajstić information content (AvgIpc) is 3.14. The van der Waals surface area contributed by atoms with Crippen LogP contribution in [0.25, 0.3) is 0 Å². The Kier molecular flexibility index (Phi) is 10.5. The highest BCUT2D eigenvalue weighted by Gasteiger charge is 2.13. The number of aromatic nitrogens is 1. The Bertz CT molecular complexity index is 744.